The van der Waals surface area contributed by atoms with Crippen LogP contribution >= 0.6 is 0 Å². The topological polar surface area (TPSA) is 99.6 Å². The maximum Gasteiger partial charge on any atom is 0.410 e. The van der Waals surface area contributed by atoms with Crippen molar-refractivity contribution in [1.29, 1.82) is 5.26 Å². The van der Waals surface area contributed by atoms with Crippen LogP contribution in [0.4, 0.5) is 4.79 Å². The average Bonchev–Trinajstić information content (AvgIpc) is 2.76. The van der Waals surface area contributed by atoms with Crippen molar-refractivity contribution in [3.05, 3.63) is 71.8 Å². The van der Waals surface area contributed by atoms with Crippen LogP contribution in [0, 0.1) is 16.7 Å². The van der Waals surface area contributed by atoms with Crippen LogP contribution in [0.25, 0.3) is 0 Å². The molecule has 2 atom stereocenters. The highest BCUT2D eigenvalue weighted by molar-refractivity contribution is 5.67. The number of nitrogens with two attached hydrogens (primary N) is 1. The molecular formula is C25H33N3O3. The van der Waals surface area contributed by atoms with E-state index in [0.29, 0.717) is 25.8 Å². The van der Waals surface area contributed by atoms with E-state index < -0.39 is 18.2 Å². The van der Waals surface area contributed by atoms with Gasteiger partial charge in [0.1, 0.15) is 6.61 Å². The SMILES string of the molecule is CC(C)(CCC#N)CN(CC(O)C(N)Cc1ccccc1)C(=O)OCc1ccccc1. The number of ether oxygens (including phenoxy) is 1. The first-order chi connectivity index (χ1) is 14.8. The predicted molar refractivity (Wildman–Crippen MR) is 121 cm³/mol. The lowest BCUT2D eigenvalue weighted by Crippen LogP contribution is -2.49. The Hall–Kier alpha value is -2.88. The van der Waals surface area contributed by atoms with E-state index in [1.54, 1.807) is 0 Å². The molecule has 31 heavy (non-hydrogen) atoms. The predicted octanol–water partition coefficient (Wildman–Crippen LogP) is 3.89. The number of nitrogens with zero attached hydrogens (tertiary/aromatic N) is 2. The van der Waals surface area contributed by atoms with Crippen LogP contribution in [-0.4, -0.2) is 41.3 Å². The van der Waals surface area contributed by atoms with Crippen molar-refractivity contribution in [2.45, 2.75) is 51.9 Å². The lowest BCUT2D eigenvalue weighted by molar-refractivity contribution is 0.0452. The normalized spacial score (nSPS) is 13.1. The van der Waals surface area contributed by atoms with Crippen LogP contribution in [0.1, 0.15) is 37.8 Å². The third-order valence-corrected chi connectivity index (χ3v) is 5.21. The van der Waals surface area contributed by atoms with E-state index >= 15 is 0 Å². The van der Waals surface area contributed by atoms with Crippen molar-refractivity contribution in [3.63, 3.8) is 0 Å². The highest BCUT2D eigenvalue weighted by Crippen LogP contribution is 2.24. The molecule has 3 N–H and O–H groups in total. The summed E-state index contributed by atoms with van der Waals surface area (Å²) in [5, 5.41) is 19.7. The number of carbonyl (C=O) groups excluding carboxylic acids is 1. The molecule has 0 aromatic heterocycles. The fraction of sp³-hybridized carbons (Fsp3) is 0.440. The Morgan fingerprint density at radius 3 is 2.29 bits per heavy atom. The molecule has 2 rings (SSSR count). The largest absolute Gasteiger partial charge is 0.445 e. The van der Waals surface area contributed by atoms with Crippen LogP contribution in [0.3, 0.4) is 0 Å². The molecule has 0 aliphatic rings. The van der Waals surface area contributed by atoms with Gasteiger partial charge in [-0.05, 0) is 29.4 Å². The number of nitriles is 1. The fourth-order valence-electron chi connectivity index (χ4n) is 3.39. The van der Waals surface area contributed by atoms with Gasteiger partial charge in [0, 0.05) is 19.0 Å². The van der Waals surface area contributed by atoms with Crippen molar-refractivity contribution >= 4 is 6.09 Å². The van der Waals surface area contributed by atoms with Gasteiger partial charge in [-0.3, -0.25) is 0 Å². The summed E-state index contributed by atoms with van der Waals surface area (Å²) < 4.78 is 5.51. The number of benzene rings is 2. The van der Waals surface area contributed by atoms with E-state index in [2.05, 4.69) is 6.07 Å². The molecule has 2 aromatic rings. The van der Waals surface area contributed by atoms with Crippen LogP contribution in [-0.2, 0) is 17.8 Å². The van der Waals surface area contributed by atoms with Crippen LogP contribution in [0.15, 0.2) is 60.7 Å². The van der Waals surface area contributed by atoms with Crippen molar-refractivity contribution < 1.29 is 14.6 Å². The molecule has 1 amide bonds. The van der Waals surface area contributed by atoms with Crippen molar-refractivity contribution in [3.8, 4) is 6.07 Å². The zero-order valence-electron chi connectivity index (χ0n) is 18.4. The molecule has 2 aromatic carbocycles. The van der Waals surface area contributed by atoms with E-state index in [4.69, 9.17) is 15.7 Å². The molecule has 6 heteroatoms. The monoisotopic (exact) mass is 423 g/mol. The number of hydrogen-bond donors (Lipinski definition) is 2. The molecule has 0 saturated carbocycles. The molecule has 0 heterocycles. The Labute approximate surface area is 185 Å². The molecule has 166 valence electrons. The summed E-state index contributed by atoms with van der Waals surface area (Å²) >= 11 is 0. The first kappa shape index (κ1) is 24.4. The zero-order valence-corrected chi connectivity index (χ0v) is 18.4. The number of rotatable bonds is 11. The Bertz CT molecular complexity index is 834. The van der Waals surface area contributed by atoms with E-state index in [1.165, 1.54) is 4.90 Å². The van der Waals surface area contributed by atoms with Gasteiger partial charge in [0.25, 0.3) is 0 Å². The first-order valence-corrected chi connectivity index (χ1v) is 10.6. The van der Waals surface area contributed by atoms with Gasteiger partial charge in [0.15, 0.2) is 0 Å². The van der Waals surface area contributed by atoms with Gasteiger partial charge < -0.3 is 20.5 Å². The van der Waals surface area contributed by atoms with Crippen LogP contribution < -0.4 is 5.73 Å². The van der Waals surface area contributed by atoms with Crippen molar-refractivity contribution in [2.24, 2.45) is 11.1 Å². The van der Waals surface area contributed by atoms with E-state index in [9.17, 15) is 9.90 Å². The lowest BCUT2D eigenvalue weighted by atomic mass is 9.87. The zero-order chi connectivity index (χ0) is 22.7. The summed E-state index contributed by atoms with van der Waals surface area (Å²) in [6, 6.07) is 20.8. The van der Waals surface area contributed by atoms with Gasteiger partial charge in [-0.1, -0.05) is 74.5 Å². The second-order valence-electron chi connectivity index (χ2n) is 8.66. The van der Waals surface area contributed by atoms with Crippen molar-refractivity contribution in [2.75, 3.05) is 13.1 Å². The molecule has 0 fully saturated rings. The van der Waals surface area contributed by atoms with Crippen LogP contribution in [0.2, 0.25) is 0 Å². The third kappa shape index (κ3) is 8.79. The van der Waals surface area contributed by atoms with Gasteiger partial charge in [-0.25, -0.2) is 4.79 Å². The minimum absolute atomic E-state index is 0.0671. The minimum atomic E-state index is -0.906. The summed E-state index contributed by atoms with van der Waals surface area (Å²) in [5.41, 5.74) is 7.85. The standard InChI is InChI=1S/C25H33N3O3/c1-25(2,14-9-15-26)19-28(24(30)31-18-21-12-7-4-8-13-21)17-23(29)22(27)16-20-10-5-3-6-11-20/h3-8,10-13,22-23,29H,9,14,16-19,27H2,1-2H3. The highest BCUT2D eigenvalue weighted by atomic mass is 16.6. The number of hydrogen-bond acceptors (Lipinski definition) is 5. The van der Waals surface area contributed by atoms with Crippen molar-refractivity contribution in [1.82, 2.24) is 4.90 Å². The second kappa shape index (κ2) is 12.1. The molecule has 6 nitrogen and oxygen atoms in total. The number of carbonyl (C=O) groups is 1. The smallest absolute Gasteiger partial charge is 0.410 e. The fourth-order valence-corrected chi connectivity index (χ4v) is 3.39. The summed E-state index contributed by atoms with van der Waals surface area (Å²) in [4.78, 5) is 14.4. The molecule has 0 saturated heterocycles. The molecule has 0 spiro atoms. The Kier molecular flexibility index (Phi) is 9.51. The van der Waals surface area contributed by atoms with Gasteiger partial charge in [0.05, 0.1) is 18.7 Å². The maximum atomic E-state index is 12.9. The molecule has 0 radical (unpaired) electrons. The second-order valence-corrected chi connectivity index (χ2v) is 8.66. The molecule has 0 aliphatic heterocycles. The Morgan fingerprint density at radius 2 is 1.71 bits per heavy atom. The summed E-state index contributed by atoms with van der Waals surface area (Å²) in [5.74, 6) is 0. The van der Waals surface area contributed by atoms with E-state index in [0.717, 1.165) is 11.1 Å². The number of amides is 1. The third-order valence-electron chi connectivity index (χ3n) is 5.21. The lowest BCUT2D eigenvalue weighted by Gasteiger charge is -2.34. The summed E-state index contributed by atoms with van der Waals surface area (Å²) in [7, 11) is 0. The molecular weight excluding hydrogens is 390 g/mol. The summed E-state index contributed by atoms with van der Waals surface area (Å²) in [6.45, 7) is 4.58. The number of aliphatic hydroxyl groups is 1. The Balaban J connectivity index is 2.04. The van der Waals surface area contributed by atoms with Gasteiger partial charge in [-0.2, -0.15) is 5.26 Å². The first-order valence-electron chi connectivity index (χ1n) is 10.6. The quantitative estimate of drug-likeness (QED) is 0.571. The molecule has 0 aliphatic carbocycles. The van der Waals surface area contributed by atoms with Gasteiger partial charge in [-0.15, -0.1) is 0 Å². The van der Waals surface area contributed by atoms with E-state index in [1.807, 2.05) is 74.5 Å². The molecule has 2 unspecified atom stereocenters. The number of aliphatic hydroxyl groups excluding tert-OH is 1. The van der Waals surface area contributed by atoms with Gasteiger partial charge >= 0.3 is 6.09 Å². The average molecular weight is 424 g/mol. The minimum Gasteiger partial charge on any atom is -0.445 e. The van der Waals surface area contributed by atoms with Gasteiger partial charge in [0.2, 0.25) is 0 Å². The Morgan fingerprint density at radius 1 is 1.13 bits per heavy atom. The summed E-state index contributed by atoms with van der Waals surface area (Å²) in [6.07, 6.45) is 0.136. The molecule has 0 bridgehead atoms. The van der Waals surface area contributed by atoms with Crippen LogP contribution in [0.5, 0.6) is 0 Å². The van der Waals surface area contributed by atoms with E-state index in [-0.39, 0.29) is 18.6 Å². The maximum absolute atomic E-state index is 12.9. The highest BCUT2D eigenvalue weighted by Gasteiger charge is 2.29.